The summed E-state index contributed by atoms with van der Waals surface area (Å²) < 4.78 is 2.41. The number of benzene rings is 6. The van der Waals surface area contributed by atoms with E-state index >= 15 is 0 Å². The van der Waals surface area contributed by atoms with Crippen molar-refractivity contribution in [1.82, 2.24) is 19.5 Å². The third-order valence-corrected chi connectivity index (χ3v) is 8.65. The second-order valence-electron chi connectivity index (χ2n) is 11.3. The van der Waals surface area contributed by atoms with Crippen LogP contribution in [-0.2, 0) is 0 Å². The van der Waals surface area contributed by atoms with Crippen LogP contribution in [-0.4, -0.2) is 19.5 Å². The quantitative estimate of drug-likeness (QED) is 0.210. The van der Waals surface area contributed by atoms with E-state index in [1.807, 2.05) is 42.5 Å². The minimum atomic E-state index is 0.674. The van der Waals surface area contributed by atoms with Crippen molar-refractivity contribution in [2.45, 2.75) is 0 Å². The summed E-state index contributed by atoms with van der Waals surface area (Å²) in [5.41, 5.74) is 7.99. The van der Waals surface area contributed by atoms with Gasteiger partial charge in [-0.15, -0.1) is 0 Å². The van der Waals surface area contributed by atoms with Crippen molar-refractivity contribution in [3.8, 4) is 39.7 Å². The fourth-order valence-electron chi connectivity index (χ4n) is 6.56. The first kappa shape index (κ1) is 25.4. The van der Waals surface area contributed by atoms with Crippen LogP contribution in [0.3, 0.4) is 0 Å². The Morgan fingerprint density at radius 3 is 1.93 bits per heavy atom. The SMILES string of the molecule is c1ccc(-c2cc(-c3ccccn3)nc(-c3ccc(-n4c5ccccc5c5cc6ccccc6cc54)c4ccccc34)n2)cc1. The maximum absolute atomic E-state index is 5.13. The third-order valence-electron chi connectivity index (χ3n) is 8.65. The van der Waals surface area contributed by atoms with Gasteiger partial charge in [0.05, 0.1) is 33.8 Å². The van der Waals surface area contributed by atoms with E-state index in [4.69, 9.17) is 9.97 Å². The Hall–Kier alpha value is -6.13. The predicted molar refractivity (Wildman–Crippen MR) is 185 cm³/mol. The van der Waals surface area contributed by atoms with Crippen molar-refractivity contribution in [2.75, 3.05) is 0 Å². The lowest BCUT2D eigenvalue weighted by Gasteiger charge is -2.15. The number of para-hydroxylation sites is 1. The lowest BCUT2D eigenvalue weighted by Crippen LogP contribution is -1.99. The van der Waals surface area contributed by atoms with Crippen LogP contribution in [0.15, 0.2) is 158 Å². The van der Waals surface area contributed by atoms with Gasteiger partial charge in [0.2, 0.25) is 0 Å². The molecule has 0 N–H and O–H groups in total. The molecule has 6 aromatic carbocycles. The van der Waals surface area contributed by atoms with Gasteiger partial charge in [-0.2, -0.15) is 0 Å². The van der Waals surface area contributed by atoms with Gasteiger partial charge >= 0.3 is 0 Å². The highest BCUT2D eigenvalue weighted by atomic mass is 15.0. The summed E-state index contributed by atoms with van der Waals surface area (Å²) in [6, 6.07) is 53.1. The summed E-state index contributed by atoms with van der Waals surface area (Å²) in [6.07, 6.45) is 1.80. The zero-order chi connectivity index (χ0) is 29.7. The highest BCUT2D eigenvalue weighted by molar-refractivity contribution is 6.15. The lowest BCUT2D eigenvalue weighted by atomic mass is 10.0. The first-order valence-electron chi connectivity index (χ1n) is 15.1. The molecule has 0 amide bonds. The normalized spacial score (nSPS) is 11.6. The van der Waals surface area contributed by atoms with Crippen LogP contribution in [0, 0.1) is 0 Å². The van der Waals surface area contributed by atoms with Gasteiger partial charge in [-0.3, -0.25) is 4.98 Å². The number of hydrogen-bond donors (Lipinski definition) is 0. The molecular weight excluding hydrogens is 548 g/mol. The number of hydrogen-bond acceptors (Lipinski definition) is 3. The molecule has 9 aromatic rings. The monoisotopic (exact) mass is 574 g/mol. The Morgan fingerprint density at radius 2 is 1.11 bits per heavy atom. The second-order valence-corrected chi connectivity index (χ2v) is 11.3. The average molecular weight is 575 g/mol. The van der Waals surface area contributed by atoms with Gasteiger partial charge in [-0.25, -0.2) is 9.97 Å². The minimum Gasteiger partial charge on any atom is -0.309 e. The molecule has 0 unspecified atom stereocenters. The molecule has 45 heavy (non-hydrogen) atoms. The molecule has 0 saturated heterocycles. The summed E-state index contributed by atoms with van der Waals surface area (Å²) in [4.78, 5) is 14.8. The average Bonchev–Trinajstić information content (AvgIpc) is 3.43. The third kappa shape index (κ3) is 4.19. The molecule has 0 radical (unpaired) electrons. The minimum absolute atomic E-state index is 0.674. The summed E-state index contributed by atoms with van der Waals surface area (Å²) in [5.74, 6) is 0.674. The van der Waals surface area contributed by atoms with Crippen LogP contribution in [0.5, 0.6) is 0 Å². The summed E-state index contributed by atoms with van der Waals surface area (Å²) in [5, 5.41) is 7.19. The summed E-state index contributed by atoms with van der Waals surface area (Å²) in [6.45, 7) is 0. The molecule has 4 heteroatoms. The zero-order valence-corrected chi connectivity index (χ0v) is 24.3. The fraction of sp³-hybridized carbons (Fsp3) is 0. The van der Waals surface area contributed by atoms with Gasteiger partial charge in [0.1, 0.15) is 0 Å². The molecule has 4 nitrogen and oxygen atoms in total. The number of fused-ring (bicyclic) bond motifs is 5. The summed E-state index contributed by atoms with van der Waals surface area (Å²) >= 11 is 0. The predicted octanol–water partition coefficient (Wildman–Crippen LogP) is 10.3. The molecule has 0 aliphatic rings. The number of aromatic nitrogens is 4. The molecule has 0 fully saturated rings. The maximum atomic E-state index is 5.13. The standard InChI is InChI=1S/C41H26N4/c1-2-12-27(13-3-1)36-26-37(35-19-10-11-23-42-35)44-41(43-36)33-21-22-39(31-17-7-6-16-30(31)33)45-38-20-9-8-18-32(38)34-24-28-14-4-5-15-29(28)25-40(34)45/h1-26H. The molecular formula is C41H26N4. The van der Waals surface area contributed by atoms with Crippen molar-refractivity contribution in [2.24, 2.45) is 0 Å². The maximum Gasteiger partial charge on any atom is 0.161 e. The number of pyridine rings is 1. The molecule has 0 atom stereocenters. The van der Waals surface area contributed by atoms with E-state index in [1.54, 1.807) is 6.20 Å². The smallest absolute Gasteiger partial charge is 0.161 e. The molecule has 0 aliphatic carbocycles. The van der Waals surface area contributed by atoms with E-state index in [2.05, 4.69) is 119 Å². The molecule has 3 aromatic heterocycles. The van der Waals surface area contributed by atoms with Crippen LogP contribution in [0.25, 0.3) is 83.1 Å². The van der Waals surface area contributed by atoms with Crippen LogP contribution >= 0.6 is 0 Å². The van der Waals surface area contributed by atoms with Gasteiger partial charge < -0.3 is 4.57 Å². The van der Waals surface area contributed by atoms with Crippen LogP contribution in [0.4, 0.5) is 0 Å². The van der Waals surface area contributed by atoms with Gasteiger partial charge in [0.25, 0.3) is 0 Å². The molecule has 0 aliphatic heterocycles. The van der Waals surface area contributed by atoms with Crippen molar-refractivity contribution in [1.29, 1.82) is 0 Å². The second kappa shape index (κ2) is 10.2. The van der Waals surface area contributed by atoms with Crippen LogP contribution in [0.1, 0.15) is 0 Å². The van der Waals surface area contributed by atoms with E-state index in [0.717, 1.165) is 44.7 Å². The van der Waals surface area contributed by atoms with Crippen molar-refractivity contribution in [3.05, 3.63) is 158 Å². The molecule has 0 saturated carbocycles. The highest BCUT2D eigenvalue weighted by Crippen LogP contribution is 2.39. The van der Waals surface area contributed by atoms with Gasteiger partial charge in [-0.1, -0.05) is 103 Å². The van der Waals surface area contributed by atoms with E-state index < -0.39 is 0 Å². The lowest BCUT2D eigenvalue weighted by molar-refractivity contribution is 1.16. The fourth-order valence-corrected chi connectivity index (χ4v) is 6.56. The Morgan fingerprint density at radius 1 is 0.422 bits per heavy atom. The Kier molecular flexibility index (Phi) is 5.78. The summed E-state index contributed by atoms with van der Waals surface area (Å²) in [7, 11) is 0. The molecule has 3 heterocycles. The molecule has 0 bridgehead atoms. The first-order chi connectivity index (χ1) is 22.3. The van der Waals surface area contributed by atoms with Gasteiger partial charge in [-0.05, 0) is 64.7 Å². The van der Waals surface area contributed by atoms with E-state index in [0.29, 0.717) is 5.82 Å². The molecule has 0 spiro atoms. The van der Waals surface area contributed by atoms with E-state index in [1.165, 1.54) is 32.6 Å². The van der Waals surface area contributed by atoms with E-state index in [9.17, 15) is 0 Å². The van der Waals surface area contributed by atoms with E-state index in [-0.39, 0.29) is 0 Å². The Labute approximate surface area is 259 Å². The number of nitrogens with zero attached hydrogens (tertiary/aromatic N) is 4. The van der Waals surface area contributed by atoms with Crippen LogP contribution in [0.2, 0.25) is 0 Å². The van der Waals surface area contributed by atoms with Gasteiger partial charge in [0.15, 0.2) is 5.82 Å². The Bertz CT molecular complexity index is 2470. The topological polar surface area (TPSA) is 43.6 Å². The number of rotatable bonds is 4. The molecule has 210 valence electrons. The highest BCUT2D eigenvalue weighted by Gasteiger charge is 2.18. The van der Waals surface area contributed by atoms with Crippen molar-refractivity contribution >= 4 is 43.4 Å². The van der Waals surface area contributed by atoms with Crippen molar-refractivity contribution in [3.63, 3.8) is 0 Å². The largest absolute Gasteiger partial charge is 0.309 e. The van der Waals surface area contributed by atoms with Crippen LogP contribution < -0.4 is 0 Å². The zero-order valence-electron chi connectivity index (χ0n) is 24.3. The van der Waals surface area contributed by atoms with Gasteiger partial charge in [0, 0.05) is 33.5 Å². The Balaban J connectivity index is 1.31. The van der Waals surface area contributed by atoms with Crippen molar-refractivity contribution < 1.29 is 0 Å². The first-order valence-corrected chi connectivity index (χ1v) is 15.1. The molecule has 9 rings (SSSR count).